The highest BCUT2D eigenvalue weighted by Gasteiger charge is 2.43. The molecule has 2 aromatic heterocycles. The van der Waals surface area contributed by atoms with Gasteiger partial charge in [-0.2, -0.15) is 5.10 Å². The normalized spacial score (nSPS) is 20.2. The third-order valence-electron chi connectivity index (χ3n) is 3.81. The number of pyridine rings is 1. The monoisotopic (exact) mass is 303 g/mol. The van der Waals surface area contributed by atoms with Crippen molar-refractivity contribution in [3.63, 3.8) is 0 Å². The van der Waals surface area contributed by atoms with Gasteiger partial charge in [-0.3, -0.25) is 14.9 Å². The highest BCUT2D eigenvalue weighted by molar-refractivity contribution is 7.71. The molecule has 1 aliphatic carbocycles. The van der Waals surface area contributed by atoms with E-state index in [1.54, 1.807) is 6.20 Å². The molecule has 1 amide bonds. The number of carbonyl (C=O) groups is 1. The number of aromatic amines is 1. The van der Waals surface area contributed by atoms with E-state index >= 15 is 0 Å². The third kappa shape index (κ3) is 2.87. The summed E-state index contributed by atoms with van der Waals surface area (Å²) in [5.74, 6) is 1.17. The summed E-state index contributed by atoms with van der Waals surface area (Å²) < 4.78 is 2.46. The van der Waals surface area contributed by atoms with E-state index < -0.39 is 0 Å². The largest absolute Gasteiger partial charge is 0.349 e. The van der Waals surface area contributed by atoms with Crippen LogP contribution in [0.15, 0.2) is 24.5 Å². The van der Waals surface area contributed by atoms with Gasteiger partial charge in [0.05, 0.1) is 6.54 Å². The van der Waals surface area contributed by atoms with Crippen molar-refractivity contribution in [2.24, 2.45) is 5.92 Å². The maximum Gasteiger partial charge on any atom is 0.224 e. The third-order valence-corrected chi connectivity index (χ3v) is 4.13. The first-order chi connectivity index (χ1) is 10.2. The molecule has 110 valence electrons. The second-order valence-electron chi connectivity index (χ2n) is 5.14. The summed E-state index contributed by atoms with van der Waals surface area (Å²) >= 11 is 5.12. The predicted octanol–water partition coefficient (Wildman–Crippen LogP) is 1.78. The lowest BCUT2D eigenvalue weighted by molar-refractivity contribution is -0.122. The molecule has 0 aromatic carbocycles. The Morgan fingerprint density at radius 3 is 3.19 bits per heavy atom. The SMILES string of the molecule is CCn1c(CNC(=O)[C@@H]2C[C@@H]2c2cccnc2)n[nH]c1=S. The Morgan fingerprint density at radius 2 is 2.48 bits per heavy atom. The summed E-state index contributed by atoms with van der Waals surface area (Å²) in [4.78, 5) is 16.3. The number of hydrogen-bond acceptors (Lipinski definition) is 4. The Balaban J connectivity index is 1.57. The van der Waals surface area contributed by atoms with E-state index in [2.05, 4.69) is 20.5 Å². The van der Waals surface area contributed by atoms with Crippen LogP contribution in [0.25, 0.3) is 0 Å². The minimum absolute atomic E-state index is 0.0474. The van der Waals surface area contributed by atoms with E-state index in [0.29, 0.717) is 17.2 Å². The summed E-state index contributed by atoms with van der Waals surface area (Å²) in [7, 11) is 0. The molecule has 1 aliphatic rings. The summed E-state index contributed by atoms with van der Waals surface area (Å²) in [6.45, 7) is 3.13. The molecule has 7 heteroatoms. The predicted molar refractivity (Wildman–Crippen MR) is 80.0 cm³/mol. The smallest absolute Gasteiger partial charge is 0.224 e. The Hall–Kier alpha value is -2.02. The maximum absolute atomic E-state index is 12.2. The maximum atomic E-state index is 12.2. The van der Waals surface area contributed by atoms with Crippen LogP contribution in [0.5, 0.6) is 0 Å². The molecule has 0 bridgehead atoms. The van der Waals surface area contributed by atoms with Gasteiger partial charge in [-0.05, 0) is 43.1 Å². The number of nitrogens with one attached hydrogen (secondary N) is 2. The van der Waals surface area contributed by atoms with Crippen molar-refractivity contribution in [3.05, 3.63) is 40.7 Å². The van der Waals surface area contributed by atoms with Crippen LogP contribution in [-0.2, 0) is 17.9 Å². The molecule has 2 N–H and O–H groups in total. The number of hydrogen-bond donors (Lipinski definition) is 2. The quantitative estimate of drug-likeness (QED) is 0.826. The van der Waals surface area contributed by atoms with Gasteiger partial charge in [-0.25, -0.2) is 0 Å². The molecular formula is C14H17N5OS. The van der Waals surface area contributed by atoms with Crippen molar-refractivity contribution in [1.82, 2.24) is 25.1 Å². The van der Waals surface area contributed by atoms with Gasteiger partial charge in [0.2, 0.25) is 5.91 Å². The van der Waals surface area contributed by atoms with E-state index in [9.17, 15) is 4.79 Å². The van der Waals surface area contributed by atoms with Crippen LogP contribution in [0, 0.1) is 10.7 Å². The van der Waals surface area contributed by atoms with Gasteiger partial charge in [-0.15, -0.1) is 0 Å². The number of amides is 1. The summed E-state index contributed by atoms with van der Waals surface area (Å²) in [6.07, 6.45) is 4.47. The zero-order chi connectivity index (χ0) is 14.8. The first kappa shape index (κ1) is 13.9. The molecule has 6 nitrogen and oxygen atoms in total. The van der Waals surface area contributed by atoms with Crippen molar-refractivity contribution in [2.75, 3.05) is 0 Å². The molecule has 2 heterocycles. The molecule has 2 aromatic rings. The number of aromatic nitrogens is 4. The van der Waals surface area contributed by atoms with Crippen LogP contribution in [0.4, 0.5) is 0 Å². The Labute approximate surface area is 127 Å². The second kappa shape index (κ2) is 5.77. The second-order valence-corrected chi connectivity index (χ2v) is 5.53. The molecule has 0 aliphatic heterocycles. The topological polar surface area (TPSA) is 75.6 Å². The molecule has 1 fully saturated rings. The summed E-state index contributed by atoms with van der Waals surface area (Å²) in [5.41, 5.74) is 1.13. The van der Waals surface area contributed by atoms with E-state index in [-0.39, 0.29) is 11.8 Å². The van der Waals surface area contributed by atoms with Gasteiger partial charge < -0.3 is 9.88 Å². The first-order valence-electron chi connectivity index (χ1n) is 7.02. The van der Waals surface area contributed by atoms with Crippen molar-refractivity contribution < 1.29 is 4.79 Å². The standard InChI is InChI=1S/C14H17N5OS/c1-2-19-12(17-18-14(19)21)8-16-13(20)11-6-10(11)9-4-3-5-15-7-9/h3-5,7,10-11H,2,6,8H2,1H3,(H,16,20)(H,18,21)/t10-,11-/m1/s1. The van der Waals surface area contributed by atoms with Gasteiger partial charge in [0.25, 0.3) is 0 Å². The van der Waals surface area contributed by atoms with Crippen molar-refractivity contribution in [3.8, 4) is 0 Å². The van der Waals surface area contributed by atoms with Crippen LogP contribution in [0.3, 0.4) is 0 Å². The molecule has 1 saturated carbocycles. The number of H-pyrrole nitrogens is 1. The highest BCUT2D eigenvalue weighted by Crippen LogP contribution is 2.47. The zero-order valence-corrected chi connectivity index (χ0v) is 12.6. The highest BCUT2D eigenvalue weighted by atomic mass is 32.1. The molecule has 0 spiro atoms. The van der Waals surface area contributed by atoms with Gasteiger partial charge in [0, 0.05) is 24.9 Å². The Morgan fingerprint density at radius 1 is 1.62 bits per heavy atom. The molecule has 3 rings (SSSR count). The first-order valence-corrected chi connectivity index (χ1v) is 7.43. The zero-order valence-electron chi connectivity index (χ0n) is 11.7. The summed E-state index contributed by atoms with van der Waals surface area (Å²) in [6, 6.07) is 3.93. The van der Waals surface area contributed by atoms with Crippen LogP contribution in [0.2, 0.25) is 0 Å². The lowest BCUT2D eigenvalue weighted by Gasteiger charge is -2.06. The molecule has 0 radical (unpaired) electrons. The molecule has 21 heavy (non-hydrogen) atoms. The van der Waals surface area contributed by atoms with Crippen molar-refractivity contribution in [1.29, 1.82) is 0 Å². The fraction of sp³-hybridized carbons (Fsp3) is 0.429. The molecule has 0 saturated heterocycles. The van der Waals surface area contributed by atoms with Crippen LogP contribution < -0.4 is 5.32 Å². The lowest BCUT2D eigenvalue weighted by atomic mass is 10.1. The Kier molecular flexibility index (Phi) is 3.83. The number of carbonyl (C=O) groups excluding carboxylic acids is 1. The van der Waals surface area contributed by atoms with Crippen molar-refractivity contribution in [2.45, 2.75) is 32.4 Å². The molecule has 0 unspecified atom stereocenters. The van der Waals surface area contributed by atoms with Gasteiger partial charge in [0.15, 0.2) is 10.6 Å². The fourth-order valence-electron chi connectivity index (χ4n) is 2.56. The van der Waals surface area contributed by atoms with E-state index in [0.717, 1.165) is 24.4 Å². The van der Waals surface area contributed by atoms with Gasteiger partial charge in [0.1, 0.15) is 0 Å². The van der Waals surface area contributed by atoms with Gasteiger partial charge >= 0.3 is 0 Å². The van der Waals surface area contributed by atoms with E-state index in [4.69, 9.17) is 12.2 Å². The minimum atomic E-state index is 0.0474. The van der Waals surface area contributed by atoms with Crippen molar-refractivity contribution >= 4 is 18.1 Å². The van der Waals surface area contributed by atoms with Crippen LogP contribution in [0.1, 0.15) is 30.7 Å². The van der Waals surface area contributed by atoms with E-state index in [1.165, 1.54) is 0 Å². The summed E-state index contributed by atoms with van der Waals surface area (Å²) in [5, 5.41) is 9.82. The van der Waals surface area contributed by atoms with Crippen LogP contribution in [-0.4, -0.2) is 25.7 Å². The van der Waals surface area contributed by atoms with Gasteiger partial charge in [-0.1, -0.05) is 6.07 Å². The average Bonchev–Trinajstić information content (AvgIpc) is 3.24. The number of rotatable bonds is 5. The van der Waals surface area contributed by atoms with Crippen LogP contribution >= 0.6 is 12.2 Å². The lowest BCUT2D eigenvalue weighted by Crippen LogP contribution is -2.26. The average molecular weight is 303 g/mol. The number of nitrogens with zero attached hydrogens (tertiary/aromatic N) is 3. The fourth-order valence-corrected chi connectivity index (χ4v) is 2.84. The minimum Gasteiger partial charge on any atom is -0.349 e. The molecular weight excluding hydrogens is 286 g/mol. The van der Waals surface area contributed by atoms with E-state index in [1.807, 2.05) is 29.8 Å². The molecule has 2 atom stereocenters. The Bertz CT molecular complexity index is 693.